The second-order valence-electron chi connectivity index (χ2n) is 7.72. The molecule has 1 heterocycles. The van der Waals surface area contributed by atoms with Crippen molar-refractivity contribution in [3.63, 3.8) is 0 Å². The number of methoxy groups -OCH3 is 1. The van der Waals surface area contributed by atoms with Crippen LogP contribution in [0.3, 0.4) is 0 Å². The Morgan fingerprint density at radius 2 is 1.68 bits per heavy atom. The van der Waals surface area contributed by atoms with Crippen LogP contribution in [0, 0.1) is 0 Å². The number of ether oxygens (including phenoxy) is 3. The zero-order valence-electron chi connectivity index (χ0n) is 18.9. The average Bonchev–Trinajstić information content (AvgIpc) is 2.87. The van der Waals surface area contributed by atoms with Gasteiger partial charge in [0, 0.05) is 0 Å². The number of hydrogen-bond donors (Lipinski definition) is 1. The molecule has 178 valence electrons. The highest BCUT2D eigenvalue weighted by Gasteiger charge is 2.28. The lowest BCUT2D eigenvalue weighted by Gasteiger charge is -2.25. The summed E-state index contributed by atoms with van der Waals surface area (Å²) in [4.78, 5) is 13.0. The van der Waals surface area contributed by atoms with Gasteiger partial charge in [-0.2, -0.15) is 0 Å². The van der Waals surface area contributed by atoms with Crippen LogP contribution < -0.4 is 23.8 Å². The van der Waals surface area contributed by atoms with Gasteiger partial charge in [0.15, 0.2) is 11.5 Å². The van der Waals surface area contributed by atoms with Gasteiger partial charge in [0.25, 0.3) is 10.0 Å². The van der Waals surface area contributed by atoms with Crippen LogP contribution in [-0.4, -0.2) is 41.2 Å². The van der Waals surface area contributed by atoms with Gasteiger partial charge in [-0.3, -0.25) is 9.10 Å². The molecule has 0 bridgehead atoms. The Kier molecular flexibility index (Phi) is 6.93. The molecule has 1 aliphatic heterocycles. The van der Waals surface area contributed by atoms with Crippen molar-refractivity contribution in [3.05, 3.63) is 78.4 Å². The number of amides is 1. The number of carbonyl (C=O) groups is 1. The quantitative estimate of drug-likeness (QED) is 0.528. The number of nitrogens with zero attached hydrogens (tertiary/aromatic N) is 1. The molecule has 0 saturated heterocycles. The molecule has 8 nitrogen and oxygen atoms in total. The first-order chi connectivity index (χ1) is 16.4. The van der Waals surface area contributed by atoms with Gasteiger partial charge >= 0.3 is 0 Å². The molecule has 0 saturated carbocycles. The highest BCUT2D eigenvalue weighted by Crippen LogP contribution is 2.32. The monoisotopic (exact) mass is 482 g/mol. The van der Waals surface area contributed by atoms with Gasteiger partial charge in [-0.25, -0.2) is 8.42 Å². The predicted molar refractivity (Wildman–Crippen MR) is 128 cm³/mol. The largest absolute Gasteiger partial charge is 0.497 e. The Morgan fingerprint density at radius 3 is 2.35 bits per heavy atom. The Hall–Kier alpha value is -3.72. The first-order valence-electron chi connectivity index (χ1n) is 10.8. The van der Waals surface area contributed by atoms with Crippen LogP contribution in [0.25, 0.3) is 0 Å². The van der Waals surface area contributed by atoms with E-state index in [1.54, 1.807) is 48.5 Å². The van der Waals surface area contributed by atoms with Crippen LogP contribution in [0.5, 0.6) is 17.2 Å². The molecule has 3 aromatic rings. The topological polar surface area (TPSA) is 94.2 Å². The third-order valence-corrected chi connectivity index (χ3v) is 7.21. The van der Waals surface area contributed by atoms with Crippen molar-refractivity contribution >= 4 is 21.6 Å². The number of hydrogen-bond acceptors (Lipinski definition) is 6. The molecule has 0 aliphatic carbocycles. The van der Waals surface area contributed by atoms with E-state index < -0.39 is 15.9 Å². The van der Waals surface area contributed by atoms with E-state index in [4.69, 9.17) is 14.2 Å². The van der Waals surface area contributed by atoms with Crippen LogP contribution in [0.4, 0.5) is 5.69 Å². The number of fused-ring (bicyclic) bond motifs is 1. The zero-order chi connectivity index (χ0) is 24.1. The number of benzene rings is 3. The molecule has 1 amide bonds. The van der Waals surface area contributed by atoms with Crippen LogP contribution in [-0.2, 0) is 14.8 Å². The second-order valence-corrected chi connectivity index (χ2v) is 9.58. The molecule has 0 fully saturated rings. The van der Waals surface area contributed by atoms with Crippen LogP contribution in [0.2, 0.25) is 0 Å². The van der Waals surface area contributed by atoms with Crippen molar-refractivity contribution in [3.8, 4) is 17.2 Å². The molecule has 0 unspecified atom stereocenters. The van der Waals surface area contributed by atoms with Gasteiger partial charge in [0.05, 0.1) is 23.7 Å². The number of carbonyl (C=O) groups excluding carboxylic acids is 1. The second kappa shape index (κ2) is 10.0. The maximum atomic E-state index is 13.5. The summed E-state index contributed by atoms with van der Waals surface area (Å²) >= 11 is 0. The van der Waals surface area contributed by atoms with E-state index in [2.05, 4.69) is 5.32 Å². The summed E-state index contributed by atoms with van der Waals surface area (Å²) in [5.41, 5.74) is 1.21. The lowest BCUT2D eigenvalue weighted by molar-refractivity contribution is -0.120. The molecule has 1 aliphatic rings. The van der Waals surface area contributed by atoms with Gasteiger partial charge in [0.2, 0.25) is 5.91 Å². The number of para-hydroxylation sites is 1. The maximum Gasteiger partial charge on any atom is 0.264 e. The maximum absolute atomic E-state index is 13.5. The molecular formula is C25H26N2O6S. The number of nitrogens with one attached hydrogen (secondary N) is 1. The number of anilines is 1. The van der Waals surface area contributed by atoms with Gasteiger partial charge in [0.1, 0.15) is 25.5 Å². The minimum Gasteiger partial charge on any atom is -0.497 e. The molecule has 0 aromatic heterocycles. The summed E-state index contributed by atoms with van der Waals surface area (Å²) in [6.45, 7) is 2.41. The smallest absolute Gasteiger partial charge is 0.264 e. The molecular weight excluding hydrogens is 456 g/mol. The summed E-state index contributed by atoms with van der Waals surface area (Å²) in [7, 11) is -2.50. The minimum absolute atomic E-state index is 0.0600. The van der Waals surface area contributed by atoms with Gasteiger partial charge in [-0.1, -0.05) is 24.3 Å². The predicted octanol–water partition coefficient (Wildman–Crippen LogP) is 3.54. The fourth-order valence-corrected chi connectivity index (χ4v) is 5.04. The first-order valence-corrected chi connectivity index (χ1v) is 12.2. The fourth-order valence-electron chi connectivity index (χ4n) is 3.61. The van der Waals surface area contributed by atoms with E-state index in [9.17, 15) is 13.2 Å². The van der Waals surface area contributed by atoms with Crippen molar-refractivity contribution in [2.75, 3.05) is 31.2 Å². The normalized spacial score (nSPS) is 13.6. The van der Waals surface area contributed by atoms with Gasteiger partial charge < -0.3 is 19.5 Å². The molecule has 3 aromatic carbocycles. The van der Waals surface area contributed by atoms with E-state index in [-0.39, 0.29) is 17.5 Å². The van der Waals surface area contributed by atoms with Crippen molar-refractivity contribution < 1.29 is 27.4 Å². The molecule has 0 spiro atoms. The Balaban J connectivity index is 1.55. The van der Waals surface area contributed by atoms with E-state index in [1.807, 2.05) is 19.1 Å². The summed E-state index contributed by atoms with van der Waals surface area (Å²) in [5.74, 6) is 1.38. The van der Waals surface area contributed by atoms with E-state index in [0.29, 0.717) is 36.1 Å². The highest BCUT2D eigenvalue weighted by molar-refractivity contribution is 7.92. The van der Waals surface area contributed by atoms with Crippen molar-refractivity contribution in [2.45, 2.75) is 17.9 Å². The minimum atomic E-state index is -4.01. The van der Waals surface area contributed by atoms with Crippen LogP contribution in [0.1, 0.15) is 18.5 Å². The third-order valence-electron chi connectivity index (χ3n) is 5.42. The molecule has 4 rings (SSSR count). The third kappa shape index (κ3) is 5.09. The number of rotatable bonds is 8. The van der Waals surface area contributed by atoms with Gasteiger partial charge in [-0.15, -0.1) is 0 Å². The highest BCUT2D eigenvalue weighted by atomic mass is 32.2. The molecule has 0 radical (unpaired) electrons. The van der Waals surface area contributed by atoms with Crippen molar-refractivity contribution in [1.82, 2.24) is 5.32 Å². The summed E-state index contributed by atoms with van der Waals surface area (Å²) in [6, 6.07) is 19.7. The van der Waals surface area contributed by atoms with Gasteiger partial charge in [-0.05, 0) is 61.0 Å². The Labute approximate surface area is 199 Å². The van der Waals surface area contributed by atoms with Crippen LogP contribution in [0.15, 0.2) is 77.7 Å². The fraction of sp³-hybridized carbons (Fsp3) is 0.240. The standard InChI is InChI=1S/C25H26N2O6S/c1-18(19-8-13-23-24(16-19)33-15-14-32-23)26-25(28)17-27(20-6-4-3-5-7-20)34(29,30)22-11-9-21(31-2)10-12-22/h3-13,16,18H,14-15,17H2,1-2H3,(H,26,28)/t18-/m1/s1. The van der Waals surface area contributed by atoms with Crippen molar-refractivity contribution in [2.24, 2.45) is 0 Å². The first kappa shape index (κ1) is 23.4. The van der Waals surface area contributed by atoms with Crippen LogP contribution >= 0.6 is 0 Å². The Morgan fingerprint density at radius 1 is 1.00 bits per heavy atom. The van der Waals surface area contributed by atoms with E-state index in [1.165, 1.54) is 19.2 Å². The summed E-state index contributed by atoms with van der Waals surface area (Å²) in [5, 5.41) is 2.88. The summed E-state index contributed by atoms with van der Waals surface area (Å²) < 4.78 is 44.3. The molecule has 1 N–H and O–H groups in total. The molecule has 9 heteroatoms. The summed E-state index contributed by atoms with van der Waals surface area (Å²) in [6.07, 6.45) is 0. The number of sulfonamides is 1. The van der Waals surface area contributed by atoms with E-state index in [0.717, 1.165) is 9.87 Å². The lowest BCUT2D eigenvalue weighted by Crippen LogP contribution is -2.41. The molecule has 34 heavy (non-hydrogen) atoms. The lowest BCUT2D eigenvalue weighted by atomic mass is 10.1. The van der Waals surface area contributed by atoms with Crippen molar-refractivity contribution in [1.29, 1.82) is 0 Å². The SMILES string of the molecule is COc1ccc(S(=O)(=O)N(CC(=O)N[C@H](C)c2ccc3c(c2)OCCO3)c2ccccc2)cc1. The zero-order valence-corrected chi connectivity index (χ0v) is 19.7. The molecule has 1 atom stereocenters. The average molecular weight is 483 g/mol. The van der Waals surface area contributed by atoms with E-state index >= 15 is 0 Å². The Bertz CT molecular complexity index is 1250.